The summed E-state index contributed by atoms with van der Waals surface area (Å²) in [5.74, 6) is -3.63. The summed E-state index contributed by atoms with van der Waals surface area (Å²) >= 11 is 2.76. The largest absolute Gasteiger partial charge is 0.466 e. The summed E-state index contributed by atoms with van der Waals surface area (Å²) in [6.07, 6.45) is 0. The van der Waals surface area contributed by atoms with Crippen molar-refractivity contribution in [3.05, 3.63) is 90.4 Å². The number of para-hydroxylation sites is 1. The van der Waals surface area contributed by atoms with Crippen molar-refractivity contribution in [2.24, 2.45) is 0 Å². The van der Waals surface area contributed by atoms with Crippen molar-refractivity contribution < 1.29 is 42.9 Å². The third kappa shape index (κ3) is 5.06. The Morgan fingerprint density at radius 3 is 1.73 bits per heavy atom. The molecule has 0 aromatic heterocycles. The van der Waals surface area contributed by atoms with Crippen LogP contribution in [0.15, 0.2) is 73.7 Å². The van der Waals surface area contributed by atoms with Crippen LogP contribution in [0.2, 0.25) is 0 Å². The summed E-state index contributed by atoms with van der Waals surface area (Å²) < 4.78 is 18.8. The molecule has 234 valence electrons. The highest BCUT2D eigenvalue weighted by Crippen LogP contribution is 2.71. The summed E-state index contributed by atoms with van der Waals surface area (Å²) in [4.78, 5) is 69.6. The first-order valence-corrected chi connectivity index (χ1v) is 16.0. The van der Waals surface area contributed by atoms with E-state index in [0.29, 0.717) is 27.3 Å². The van der Waals surface area contributed by atoms with E-state index in [1.54, 1.807) is 41.3 Å². The van der Waals surface area contributed by atoms with Gasteiger partial charge in [0.1, 0.15) is 18.8 Å². The van der Waals surface area contributed by atoms with Gasteiger partial charge in [0.05, 0.1) is 45.2 Å². The van der Waals surface area contributed by atoms with Crippen molar-refractivity contribution >= 4 is 76.3 Å². The molecule has 0 saturated carbocycles. The van der Waals surface area contributed by atoms with Gasteiger partial charge in [0.2, 0.25) is 0 Å². The highest BCUT2D eigenvalue weighted by molar-refractivity contribution is 8.26. The maximum atomic E-state index is 14.3. The minimum absolute atomic E-state index is 0.103. The van der Waals surface area contributed by atoms with Crippen LogP contribution in [0.1, 0.15) is 35.3 Å². The number of amides is 1. The molecule has 45 heavy (non-hydrogen) atoms. The number of hydrogen-bond donors (Lipinski definition) is 0. The molecule has 0 atom stereocenters. The van der Waals surface area contributed by atoms with Gasteiger partial charge in [0.15, 0.2) is 0 Å². The molecule has 0 bridgehead atoms. The Labute approximate surface area is 272 Å². The lowest BCUT2D eigenvalue weighted by Gasteiger charge is -2.50. The van der Waals surface area contributed by atoms with Crippen LogP contribution < -0.4 is 4.90 Å². The fourth-order valence-electron chi connectivity index (χ4n) is 5.45. The van der Waals surface area contributed by atoms with Crippen LogP contribution in [0, 0.1) is 6.92 Å². The molecule has 2 aromatic rings. The van der Waals surface area contributed by atoms with Crippen LogP contribution in [-0.4, -0.2) is 67.8 Å². The number of nitrogens with zero attached hydrogens (tertiary/aromatic N) is 1. The van der Waals surface area contributed by atoms with Crippen LogP contribution in [0.3, 0.4) is 0 Å². The van der Waals surface area contributed by atoms with Gasteiger partial charge < -0.3 is 18.9 Å². The van der Waals surface area contributed by atoms with Gasteiger partial charge in [-0.1, -0.05) is 71.2 Å². The van der Waals surface area contributed by atoms with Gasteiger partial charge in [0, 0.05) is 21.6 Å². The molecular formula is C32H29NO9S3. The Balaban J connectivity index is 1.86. The molecule has 0 fully saturated rings. The van der Waals surface area contributed by atoms with Crippen molar-refractivity contribution in [1.82, 2.24) is 0 Å². The SMILES string of the molecule is COC(=O)C1=C(C(=O)OC)SC2(S1)C(C(=O)OC)=C(C(=O)OC)SC1=C2c2ccccc2N(C(=O)c2ccc(C)cc2)C1(C)C. The molecule has 1 amide bonds. The van der Waals surface area contributed by atoms with Gasteiger partial charge in [-0.25, -0.2) is 19.2 Å². The van der Waals surface area contributed by atoms with Crippen molar-refractivity contribution in [3.63, 3.8) is 0 Å². The zero-order chi connectivity index (χ0) is 32.8. The summed E-state index contributed by atoms with van der Waals surface area (Å²) in [6.45, 7) is 5.60. The van der Waals surface area contributed by atoms with Crippen LogP contribution >= 0.6 is 35.3 Å². The maximum Gasteiger partial charge on any atom is 0.345 e. The number of carbonyl (C=O) groups is 5. The smallest absolute Gasteiger partial charge is 0.345 e. The molecular weight excluding hydrogens is 639 g/mol. The predicted octanol–water partition coefficient (Wildman–Crippen LogP) is 5.23. The summed E-state index contributed by atoms with van der Waals surface area (Å²) in [5, 5.41) is 0. The number of fused-ring (bicyclic) bond motifs is 3. The van der Waals surface area contributed by atoms with E-state index in [2.05, 4.69) is 0 Å². The molecule has 3 heterocycles. The van der Waals surface area contributed by atoms with Gasteiger partial charge in [-0.2, -0.15) is 0 Å². The Morgan fingerprint density at radius 2 is 1.20 bits per heavy atom. The number of ether oxygens (including phenoxy) is 4. The molecule has 0 saturated heterocycles. The second-order valence-electron chi connectivity index (χ2n) is 10.5. The number of rotatable bonds is 5. The summed E-state index contributed by atoms with van der Waals surface area (Å²) in [7, 11) is 4.70. The summed E-state index contributed by atoms with van der Waals surface area (Å²) in [6, 6.07) is 14.4. The zero-order valence-corrected chi connectivity index (χ0v) is 27.9. The third-order valence-electron chi connectivity index (χ3n) is 7.55. The Hall–Kier alpha value is -3.94. The lowest BCUT2D eigenvalue weighted by molar-refractivity contribution is -0.138. The van der Waals surface area contributed by atoms with Crippen LogP contribution in [0.4, 0.5) is 5.69 Å². The number of thioether (sulfide) groups is 3. The highest BCUT2D eigenvalue weighted by atomic mass is 32.2. The first kappa shape index (κ1) is 32.5. The molecule has 0 unspecified atom stereocenters. The van der Waals surface area contributed by atoms with E-state index in [-0.39, 0.29) is 26.2 Å². The third-order valence-corrected chi connectivity index (χ3v) is 12.2. The fourth-order valence-corrected chi connectivity index (χ4v) is 10.5. The van der Waals surface area contributed by atoms with E-state index in [9.17, 15) is 24.0 Å². The van der Waals surface area contributed by atoms with E-state index in [1.807, 2.05) is 32.9 Å². The molecule has 3 aliphatic heterocycles. The molecule has 13 heteroatoms. The van der Waals surface area contributed by atoms with Crippen molar-refractivity contribution in [3.8, 4) is 0 Å². The number of anilines is 1. The average molecular weight is 668 g/mol. The molecule has 10 nitrogen and oxygen atoms in total. The molecule has 0 N–H and O–H groups in total. The van der Waals surface area contributed by atoms with E-state index in [0.717, 1.165) is 40.8 Å². The lowest BCUT2D eigenvalue weighted by Crippen LogP contribution is -2.53. The second kappa shape index (κ2) is 12.1. The minimum Gasteiger partial charge on any atom is -0.466 e. The van der Waals surface area contributed by atoms with E-state index in [4.69, 9.17) is 18.9 Å². The first-order valence-electron chi connectivity index (χ1n) is 13.5. The molecule has 0 radical (unpaired) electrons. The normalized spacial score (nSPS) is 17.9. The molecule has 5 rings (SSSR count). The Bertz CT molecular complexity index is 1730. The van der Waals surface area contributed by atoms with Crippen molar-refractivity contribution in [1.29, 1.82) is 0 Å². The number of esters is 4. The Kier molecular flexibility index (Phi) is 8.73. The minimum atomic E-state index is -1.63. The lowest BCUT2D eigenvalue weighted by atomic mass is 9.83. The maximum absolute atomic E-state index is 14.3. The molecule has 0 aliphatic carbocycles. The number of benzene rings is 2. The fraction of sp³-hybridized carbons (Fsp3) is 0.281. The topological polar surface area (TPSA) is 126 Å². The first-order chi connectivity index (χ1) is 21.4. The van der Waals surface area contributed by atoms with E-state index >= 15 is 0 Å². The van der Waals surface area contributed by atoms with Gasteiger partial charge in [-0.3, -0.25) is 9.69 Å². The number of aryl methyl sites for hydroxylation is 1. The van der Waals surface area contributed by atoms with Gasteiger partial charge in [-0.15, -0.1) is 0 Å². The van der Waals surface area contributed by atoms with Crippen LogP contribution in [-0.2, 0) is 38.1 Å². The Morgan fingerprint density at radius 1 is 0.689 bits per heavy atom. The zero-order valence-electron chi connectivity index (χ0n) is 25.5. The molecule has 1 spiro atoms. The number of carbonyl (C=O) groups excluding carboxylic acids is 5. The van der Waals surface area contributed by atoms with Gasteiger partial charge in [0.25, 0.3) is 5.91 Å². The second-order valence-corrected chi connectivity index (χ2v) is 14.3. The number of hydrogen-bond acceptors (Lipinski definition) is 12. The van der Waals surface area contributed by atoms with Crippen LogP contribution in [0.25, 0.3) is 5.57 Å². The molecule has 3 aliphatic rings. The number of methoxy groups -OCH3 is 4. The quantitative estimate of drug-likeness (QED) is 0.306. The summed E-state index contributed by atoms with van der Waals surface area (Å²) in [5.41, 5.74) is 1.81. The van der Waals surface area contributed by atoms with Crippen LogP contribution in [0.5, 0.6) is 0 Å². The van der Waals surface area contributed by atoms with Gasteiger partial charge >= 0.3 is 23.9 Å². The monoisotopic (exact) mass is 667 g/mol. The standard InChI is InChI=1S/C32H29NO9S3/c1-16-12-14-17(15-13-16)26(34)33-19-11-9-8-10-18(19)20-25(31(33,2)3)43-22(28(36)40-5)21(27(35)39-4)32(20)44-23(29(37)41-6)24(45-32)30(38)42-7/h8-15H,1-7H3. The van der Waals surface area contributed by atoms with E-state index in [1.165, 1.54) is 28.4 Å². The van der Waals surface area contributed by atoms with Gasteiger partial charge in [-0.05, 0) is 39.0 Å². The highest BCUT2D eigenvalue weighted by Gasteiger charge is 2.61. The molecule has 2 aromatic carbocycles. The van der Waals surface area contributed by atoms with Crippen molar-refractivity contribution in [2.75, 3.05) is 33.3 Å². The predicted molar refractivity (Wildman–Crippen MR) is 173 cm³/mol. The average Bonchev–Trinajstić information content (AvgIpc) is 3.43. The van der Waals surface area contributed by atoms with E-state index < -0.39 is 33.5 Å². The van der Waals surface area contributed by atoms with Crippen molar-refractivity contribution in [2.45, 2.75) is 30.4 Å².